The first kappa shape index (κ1) is 10.1. The second kappa shape index (κ2) is 3.20. The monoisotopic (exact) mass is 222 g/mol. The Labute approximate surface area is 95.2 Å². The van der Waals surface area contributed by atoms with Crippen LogP contribution in [0.2, 0.25) is 0 Å². The van der Waals surface area contributed by atoms with E-state index in [1.54, 1.807) is 0 Å². The lowest BCUT2D eigenvalue weighted by atomic mass is 9.85. The fraction of sp³-hybridized carbons (Fsp3) is 0.818. The molecule has 0 spiro atoms. The Morgan fingerprint density at radius 1 is 1.44 bits per heavy atom. The summed E-state index contributed by atoms with van der Waals surface area (Å²) in [6.45, 7) is 9.62. The van der Waals surface area contributed by atoms with E-state index in [0.29, 0.717) is 23.7 Å². The SMILES string of the molecule is Cc1noc(N2CC3CNCC3C2(C)C)n1. The van der Waals surface area contributed by atoms with Gasteiger partial charge in [0.2, 0.25) is 0 Å². The summed E-state index contributed by atoms with van der Waals surface area (Å²) in [5.74, 6) is 2.10. The molecule has 2 aliphatic heterocycles. The van der Waals surface area contributed by atoms with Crippen molar-refractivity contribution in [1.82, 2.24) is 15.5 Å². The molecule has 0 radical (unpaired) electrons. The highest BCUT2D eigenvalue weighted by atomic mass is 16.5. The third-order valence-corrected chi connectivity index (χ3v) is 4.11. The number of anilines is 1. The maximum atomic E-state index is 5.29. The number of nitrogens with one attached hydrogen (secondary N) is 1. The summed E-state index contributed by atoms with van der Waals surface area (Å²) in [5.41, 5.74) is 0.104. The Morgan fingerprint density at radius 2 is 2.25 bits per heavy atom. The van der Waals surface area contributed by atoms with Crippen LogP contribution in [-0.2, 0) is 0 Å². The summed E-state index contributed by atoms with van der Waals surface area (Å²) in [5, 5.41) is 7.34. The van der Waals surface area contributed by atoms with Crippen LogP contribution in [0.15, 0.2) is 4.52 Å². The molecule has 0 aromatic carbocycles. The molecule has 0 saturated carbocycles. The zero-order chi connectivity index (χ0) is 11.3. The number of fused-ring (bicyclic) bond motifs is 1. The van der Waals surface area contributed by atoms with Gasteiger partial charge in [-0.05, 0) is 32.6 Å². The van der Waals surface area contributed by atoms with Crippen LogP contribution in [0, 0.1) is 18.8 Å². The lowest BCUT2D eigenvalue weighted by Gasteiger charge is -2.33. The van der Waals surface area contributed by atoms with Crippen molar-refractivity contribution < 1.29 is 4.52 Å². The van der Waals surface area contributed by atoms with E-state index in [1.807, 2.05) is 6.92 Å². The standard InChI is InChI=1S/C11H18N4O/c1-7-13-10(16-14-7)15-6-8-4-12-5-9(8)11(15,2)3/h8-9,12H,4-6H2,1-3H3. The molecule has 88 valence electrons. The molecule has 2 saturated heterocycles. The summed E-state index contributed by atoms with van der Waals surface area (Å²) in [4.78, 5) is 6.61. The molecule has 0 amide bonds. The van der Waals surface area contributed by atoms with Crippen LogP contribution >= 0.6 is 0 Å². The molecule has 2 fully saturated rings. The Morgan fingerprint density at radius 3 is 2.88 bits per heavy atom. The summed E-state index contributed by atoms with van der Waals surface area (Å²) >= 11 is 0. The molecule has 0 bridgehead atoms. The molecular weight excluding hydrogens is 204 g/mol. The number of hydrogen-bond donors (Lipinski definition) is 1. The van der Waals surface area contributed by atoms with E-state index >= 15 is 0 Å². The zero-order valence-electron chi connectivity index (χ0n) is 10.0. The first-order chi connectivity index (χ1) is 7.59. The molecule has 2 atom stereocenters. The van der Waals surface area contributed by atoms with Gasteiger partial charge in [0.15, 0.2) is 5.82 Å². The third-order valence-electron chi connectivity index (χ3n) is 4.11. The quantitative estimate of drug-likeness (QED) is 0.762. The number of hydrogen-bond acceptors (Lipinski definition) is 5. The van der Waals surface area contributed by atoms with E-state index in [4.69, 9.17) is 4.52 Å². The predicted octanol–water partition coefficient (Wildman–Crippen LogP) is 0.812. The van der Waals surface area contributed by atoms with E-state index in [-0.39, 0.29) is 5.54 Å². The minimum absolute atomic E-state index is 0.104. The molecule has 3 rings (SSSR count). The van der Waals surface area contributed by atoms with Crippen molar-refractivity contribution in [2.75, 3.05) is 24.5 Å². The number of nitrogens with zero attached hydrogens (tertiary/aromatic N) is 3. The Balaban J connectivity index is 1.92. The minimum atomic E-state index is 0.104. The van der Waals surface area contributed by atoms with Crippen LogP contribution in [0.1, 0.15) is 19.7 Å². The number of aromatic nitrogens is 2. The Hall–Kier alpha value is -1.10. The van der Waals surface area contributed by atoms with Gasteiger partial charge in [-0.25, -0.2) is 0 Å². The predicted molar refractivity (Wildman–Crippen MR) is 60.3 cm³/mol. The number of aryl methyl sites for hydroxylation is 1. The summed E-state index contributed by atoms with van der Waals surface area (Å²) in [6, 6.07) is 0.678. The van der Waals surface area contributed by atoms with E-state index < -0.39 is 0 Å². The highest BCUT2D eigenvalue weighted by Crippen LogP contribution is 2.42. The average molecular weight is 222 g/mol. The number of rotatable bonds is 1. The van der Waals surface area contributed by atoms with Crippen LogP contribution < -0.4 is 10.2 Å². The van der Waals surface area contributed by atoms with Crippen LogP contribution in [-0.4, -0.2) is 35.3 Å². The summed E-state index contributed by atoms with van der Waals surface area (Å²) < 4.78 is 5.29. The molecule has 2 unspecified atom stereocenters. The molecule has 5 heteroatoms. The minimum Gasteiger partial charge on any atom is -0.319 e. The van der Waals surface area contributed by atoms with Crippen molar-refractivity contribution in [1.29, 1.82) is 0 Å². The zero-order valence-corrected chi connectivity index (χ0v) is 10.0. The Bertz CT molecular complexity index is 400. The third kappa shape index (κ3) is 1.27. The van der Waals surface area contributed by atoms with Crippen molar-refractivity contribution >= 4 is 6.01 Å². The molecular formula is C11H18N4O. The highest BCUT2D eigenvalue weighted by molar-refractivity contribution is 5.36. The maximum Gasteiger partial charge on any atom is 0.324 e. The average Bonchev–Trinajstić information content (AvgIpc) is 2.85. The van der Waals surface area contributed by atoms with Crippen LogP contribution in [0.3, 0.4) is 0 Å². The maximum absolute atomic E-state index is 5.29. The van der Waals surface area contributed by atoms with Crippen molar-refractivity contribution in [2.45, 2.75) is 26.3 Å². The first-order valence-corrected chi connectivity index (χ1v) is 5.87. The van der Waals surface area contributed by atoms with Crippen molar-refractivity contribution in [2.24, 2.45) is 11.8 Å². The molecule has 3 heterocycles. The van der Waals surface area contributed by atoms with Crippen molar-refractivity contribution in [3.63, 3.8) is 0 Å². The largest absolute Gasteiger partial charge is 0.324 e. The van der Waals surface area contributed by atoms with Gasteiger partial charge in [0.05, 0.1) is 0 Å². The van der Waals surface area contributed by atoms with Gasteiger partial charge in [0.1, 0.15) is 0 Å². The van der Waals surface area contributed by atoms with Gasteiger partial charge in [0.25, 0.3) is 0 Å². The van der Waals surface area contributed by atoms with Gasteiger partial charge in [-0.15, -0.1) is 0 Å². The molecule has 1 N–H and O–H groups in total. The van der Waals surface area contributed by atoms with E-state index in [0.717, 1.165) is 19.6 Å². The second-order valence-corrected chi connectivity index (χ2v) is 5.41. The lowest BCUT2D eigenvalue weighted by molar-refractivity contribution is 0.333. The summed E-state index contributed by atoms with van der Waals surface area (Å²) in [6.07, 6.45) is 0. The normalized spacial score (nSPS) is 32.1. The molecule has 16 heavy (non-hydrogen) atoms. The highest BCUT2D eigenvalue weighted by Gasteiger charge is 2.51. The fourth-order valence-corrected chi connectivity index (χ4v) is 3.14. The summed E-state index contributed by atoms with van der Waals surface area (Å²) in [7, 11) is 0. The van der Waals surface area contributed by atoms with Gasteiger partial charge < -0.3 is 14.7 Å². The van der Waals surface area contributed by atoms with Crippen LogP contribution in [0.4, 0.5) is 6.01 Å². The van der Waals surface area contributed by atoms with Gasteiger partial charge in [-0.2, -0.15) is 4.98 Å². The Kier molecular flexibility index (Phi) is 2.01. The fourth-order valence-electron chi connectivity index (χ4n) is 3.14. The van der Waals surface area contributed by atoms with Crippen molar-refractivity contribution in [3.05, 3.63) is 5.82 Å². The molecule has 5 nitrogen and oxygen atoms in total. The topological polar surface area (TPSA) is 54.2 Å². The smallest absolute Gasteiger partial charge is 0.319 e. The van der Waals surface area contributed by atoms with Gasteiger partial charge >= 0.3 is 6.01 Å². The van der Waals surface area contributed by atoms with Gasteiger partial charge in [-0.1, -0.05) is 5.16 Å². The van der Waals surface area contributed by atoms with E-state index in [9.17, 15) is 0 Å². The second-order valence-electron chi connectivity index (χ2n) is 5.41. The van der Waals surface area contributed by atoms with E-state index in [2.05, 4.69) is 34.2 Å². The van der Waals surface area contributed by atoms with Gasteiger partial charge in [0, 0.05) is 25.2 Å². The molecule has 1 aromatic heterocycles. The molecule has 1 aromatic rings. The van der Waals surface area contributed by atoms with Crippen LogP contribution in [0.25, 0.3) is 0 Å². The molecule has 0 aliphatic carbocycles. The lowest BCUT2D eigenvalue weighted by Crippen LogP contribution is -2.44. The van der Waals surface area contributed by atoms with Crippen LogP contribution in [0.5, 0.6) is 0 Å². The molecule has 2 aliphatic rings. The van der Waals surface area contributed by atoms with Gasteiger partial charge in [-0.3, -0.25) is 0 Å². The van der Waals surface area contributed by atoms with Crippen molar-refractivity contribution in [3.8, 4) is 0 Å². The van der Waals surface area contributed by atoms with E-state index in [1.165, 1.54) is 0 Å². The first-order valence-electron chi connectivity index (χ1n) is 5.87.